The molecule has 1 aromatic rings. The van der Waals surface area contributed by atoms with Gasteiger partial charge in [0.05, 0.1) is 10.3 Å². The van der Waals surface area contributed by atoms with Crippen LogP contribution in [-0.2, 0) is 19.6 Å². The quantitative estimate of drug-likeness (QED) is 0.742. The fourth-order valence-electron chi connectivity index (χ4n) is 7.03. The van der Waals surface area contributed by atoms with Crippen LogP contribution in [0.5, 0.6) is 0 Å². The van der Waals surface area contributed by atoms with E-state index in [4.69, 9.17) is 5.14 Å². The van der Waals surface area contributed by atoms with Crippen LogP contribution in [0.2, 0.25) is 0 Å². The van der Waals surface area contributed by atoms with Crippen molar-refractivity contribution in [3.63, 3.8) is 0 Å². The normalized spacial score (nSPS) is 32.8. The number of nitrogens with two attached hydrogens (primary N) is 1. The van der Waals surface area contributed by atoms with Crippen molar-refractivity contribution in [3.05, 3.63) is 24.3 Å². The first-order valence-electron chi connectivity index (χ1n) is 11.4. The van der Waals surface area contributed by atoms with Crippen LogP contribution in [-0.4, -0.2) is 38.2 Å². The van der Waals surface area contributed by atoms with Crippen LogP contribution in [0.4, 0.5) is 5.69 Å². The molecule has 4 bridgehead atoms. The summed E-state index contributed by atoms with van der Waals surface area (Å²) >= 11 is 0. The molecular weight excluding hydrogens is 414 g/mol. The zero-order valence-electron chi connectivity index (χ0n) is 17.8. The van der Waals surface area contributed by atoms with Crippen molar-refractivity contribution >= 4 is 27.5 Å². The fourth-order valence-corrected chi connectivity index (χ4v) is 7.54. The maximum atomic E-state index is 13.5. The molecule has 6 rings (SSSR count). The number of carbonyl (C=O) groups is 2. The summed E-state index contributed by atoms with van der Waals surface area (Å²) in [5.74, 6) is 2.38. The van der Waals surface area contributed by atoms with E-state index in [-0.39, 0.29) is 22.1 Å². The van der Waals surface area contributed by atoms with Gasteiger partial charge >= 0.3 is 0 Å². The van der Waals surface area contributed by atoms with E-state index >= 15 is 0 Å². The van der Waals surface area contributed by atoms with Gasteiger partial charge in [-0.3, -0.25) is 9.59 Å². The van der Waals surface area contributed by atoms with E-state index in [1.807, 2.05) is 4.90 Å². The lowest BCUT2D eigenvalue weighted by atomic mass is 9.49. The van der Waals surface area contributed by atoms with Crippen molar-refractivity contribution in [3.8, 4) is 0 Å². The summed E-state index contributed by atoms with van der Waals surface area (Å²) in [5.41, 5.74) is 0.430. The summed E-state index contributed by atoms with van der Waals surface area (Å²) < 4.78 is 22.7. The topological polar surface area (TPSA) is 110 Å². The van der Waals surface area contributed by atoms with E-state index in [2.05, 4.69) is 5.32 Å². The number of likely N-dealkylation sites (tertiary alicyclic amines) is 1. The van der Waals surface area contributed by atoms with Gasteiger partial charge in [-0.2, -0.15) is 0 Å². The third kappa shape index (κ3) is 4.00. The van der Waals surface area contributed by atoms with E-state index in [1.54, 1.807) is 12.1 Å². The van der Waals surface area contributed by atoms with Gasteiger partial charge in [-0.15, -0.1) is 0 Å². The van der Waals surface area contributed by atoms with E-state index in [0.717, 1.165) is 37.0 Å². The first-order chi connectivity index (χ1) is 14.7. The highest BCUT2D eigenvalue weighted by Gasteiger charge is 2.55. The Balaban J connectivity index is 1.17. The number of sulfonamides is 1. The average Bonchev–Trinajstić information content (AvgIpc) is 2.72. The monoisotopic (exact) mass is 445 g/mol. The second-order valence-corrected chi connectivity index (χ2v) is 11.9. The Morgan fingerprint density at radius 3 is 1.94 bits per heavy atom. The molecule has 0 radical (unpaired) electrons. The Morgan fingerprint density at radius 2 is 1.45 bits per heavy atom. The average molecular weight is 446 g/mol. The Morgan fingerprint density at radius 1 is 0.935 bits per heavy atom. The molecule has 0 unspecified atom stereocenters. The summed E-state index contributed by atoms with van der Waals surface area (Å²) in [6.45, 7) is 1.28. The van der Waals surface area contributed by atoms with Gasteiger partial charge in [-0.05, 0) is 93.4 Å². The molecule has 1 heterocycles. The minimum Gasteiger partial charge on any atom is -0.342 e. The molecule has 5 fully saturated rings. The van der Waals surface area contributed by atoms with Crippen molar-refractivity contribution in [1.29, 1.82) is 0 Å². The van der Waals surface area contributed by atoms with E-state index in [9.17, 15) is 18.0 Å². The minimum absolute atomic E-state index is 0.0157. The van der Waals surface area contributed by atoms with Crippen LogP contribution in [0.25, 0.3) is 0 Å². The van der Waals surface area contributed by atoms with Gasteiger partial charge in [0.2, 0.25) is 21.8 Å². The van der Waals surface area contributed by atoms with Crippen LogP contribution in [0.1, 0.15) is 51.4 Å². The lowest BCUT2D eigenvalue weighted by molar-refractivity contribution is -0.159. The highest BCUT2D eigenvalue weighted by Crippen LogP contribution is 2.60. The van der Waals surface area contributed by atoms with Crippen LogP contribution in [0.3, 0.4) is 0 Å². The van der Waals surface area contributed by atoms with Gasteiger partial charge in [0, 0.05) is 24.7 Å². The number of benzene rings is 1. The van der Waals surface area contributed by atoms with Crippen LogP contribution < -0.4 is 10.5 Å². The predicted molar refractivity (Wildman–Crippen MR) is 116 cm³/mol. The van der Waals surface area contributed by atoms with Crippen molar-refractivity contribution in [2.75, 3.05) is 18.4 Å². The number of anilines is 1. The summed E-state index contributed by atoms with van der Waals surface area (Å²) in [6, 6.07) is 5.86. The molecule has 0 atom stereocenters. The highest BCUT2D eigenvalue weighted by atomic mass is 32.2. The smallest absolute Gasteiger partial charge is 0.238 e. The number of primary sulfonamides is 1. The number of amides is 2. The summed E-state index contributed by atoms with van der Waals surface area (Å²) in [6.07, 6.45) is 8.54. The van der Waals surface area contributed by atoms with Crippen LogP contribution in [0.15, 0.2) is 29.2 Å². The highest BCUT2D eigenvalue weighted by molar-refractivity contribution is 7.89. The third-order valence-corrected chi connectivity index (χ3v) is 9.02. The molecule has 4 saturated carbocycles. The maximum Gasteiger partial charge on any atom is 0.238 e. The number of piperidine rings is 1. The Bertz CT molecular complexity index is 945. The summed E-state index contributed by atoms with van der Waals surface area (Å²) in [5, 5.41) is 7.97. The minimum atomic E-state index is -3.75. The van der Waals surface area contributed by atoms with Gasteiger partial charge in [0.25, 0.3) is 0 Å². The Kier molecular flexibility index (Phi) is 5.13. The SMILES string of the molecule is NS(=O)(=O)c1ccc(NC(=O)C2CCN(C(=O)C34CC5CC(CC(C5)C3)C4)CC2)cc1. The van der Waals surface area contributed by atoms with Gasteiger partial charge in [-0.1, -0.05) is 0 Å². The van der Waals surface area contributed by atoms with E-state index < -0.39 is 10.0 Å². The second kappa shape index (κ2) is 7.59. The van der Waals surface area contributed by atoms with E-state index in [0.29, 0.717) is 37.5 Å². The fraction of sp³-hybridized carbons (Fsp3) is 0.652. The number of hydrogen-bond donors (Lipinski definition) is 2. The molecule has 2 amide bonds. The van der Waals surface area contributed by atoms with Crippen LogP contribution >= 0.6 is 0 Å². The molecule has 1 aromatic carbocycles. The molecule has 5 aliphatic rings. The Hall–Kier alpha value is -1.93. The lowest BCUT2D eigenvalue weighted by Crippen LogP contribution is -2.56. The first-order valence-corrected chi connectivity index (χ1v) is 13.0. The maximum absolute atomic E-state index is 13.5. The molecule has 0 aromatic heterocycles. The largest absolute Gasteiger partial charge is 0.342 e. The number of nitrogens with one attached hydrogen (secondary N) is 1. The lowest BCUT2D eigenvalue weighted by Gasteiger charge is -2.57. The zero-order chi connectivity index (χ0) is 21.8. The molecule has 1 saturated heterocycles. The van der Waals surface area contributed by atoms with Gasteiger partial charge in [0.15, 0.2) is 0 Å². The van der Waals surface area contributed by atoms with Gasteiger partial charge in [0.1, 0.15) is 0 Å². The molecule has 31 heavy (non-hydrogen) atoms. The summed E-state index contributed by atoms with van der Waals surface area (Å²) in [7, 11) is -3.75. The molecule has 1 aliphatic heterocycles. The summed E-state index contributed by atoms with van der Waals surface area (Å²) in [4.78, 5) is 28.2. The molecule has 7 nitrogen and oxygen atoms in total. The van der Waals surface area contributed by atoms with Crippen molar-refractivity contribution < 1.29 is 18.0 Å². The van der Waals surface area contributed by atoms with Crippen molar-refractivity contribution in [2.45, 2.75) is 56.3 Å². The number of hydrogen-bond acceptors (Lipinski definition) is 4. The second-order valence-electron chi connectivity index (χ2n) is 10.3. The molecule has 168 valence electrons. The Labute approximate surface area is 183 Å². The van der Waals surface area contributed by atoms with Gasteiger partial charge < -0.3 is 10.2 Å². The van der Waals surface area contributed by atoms with E-state index in [1.165, 1.54) is 31.4 Å². The molecular formula is C23H31N3O4S. The molecule has 0 spiro atoms. The zero-order valence-corrected chi connectivity index (χ0v) is 18.6. The van der Waals surface area contributed by atoms with Crippen molar-refractivity contribution in [1.82, 2.24) is 4.90 Å². The number of rotatable bonds is 4. The van der Waals surface area contributed by atoms with Gasteiger partial charge in [-0.25, -0.2) is 13.6 Å². The molecule has 8 heteroatoms. The molecule has 3 N–H and O–H groups in total. The third-order valence-electron chi connectivity index (χ3n) is 8.10. The predicted octanol–water partition coefficient (Wildman–Crippen LogP) is 2.73. The number of nitrogens with zero attached hydrogens (tertiary/aromatic N) is 1. The number of carbonyl (C=O) groups excluding carboxylic acids is 2. The standard InChI is InChI=1S/C23H31N3O4S/c24-31(29,30)20-3-1-19(2-4-20)25-21(27)18-5-7-26(8-6-18)22(28)23-12-15-9-16(13-23)11-17(10-15)14-23/h1-4,15-18H,5-14H2,(H,25,27)(H2,24,29,30). The van der Waals surface area contributed by atoms with Crippen LogP contribution in [0, 0.1) is 29.1 Å². The first kappa shape index (κ1) is 20.9. The molecule has 4 aliphatic carbocycles. The van der Waals surface area contributed by atoms with Crippen molar-refractivity contribution in [2.24, 2.45) is 34.2 Å².